The molecule has 2 bridgehead atoms. The molecule has 1 aromatic heterocycles. The number of aryl methyl sites for hydroxylation is 1. The highest BCUT2D eigenvalue weighted by molar-refractivity contribution is 5.60. The second-order valence-electron chi connectivity index (χ2n) is 5.88. The average molecular weight is 285 g/mol. The number of anilines is 1. The van der Waals surface area contributed by atoms with Crippen LogP contribution in [0.5, 0.6) is 0 Å². The topological polar surface area (TPSA) is 71.4 Å². The van der Waals surface area contributed by atoms with Crippen molar-refractivity contribution < 1.29 is 4.52 Å². The molecular weight excluding hydrogens is 266 g/mol. The van der Waals surface area contributed by atoms with Crippen molar-refractivity contribution in [3.05, 3.63) is 29.6 Å². The molecule has 0 saturated carbocycles. The number of rotatable bonds is 2. The number of hydrogen-bond donors (Lipinski definition) is 1. The first-order valence-corrected chi connectivity index (χ1v) is 7.37. The minimum Gasteiger partial charge on any atom is -0.399 e. The third-order valence-electron chi connectivity index (χ3n) is 4.54. The van der Waals surface area contributed by atoms with Gasteiger partial charge in [0.1, 0.15) is 0 Å². The molecule has 0 amide bonds. The first kappa shape index (κ1) is 12.8. The molecule has 1 atom stereocenters. The minimum atomic E-state index is 0.264. The largest absolute Gasteiger partial charge is 0.399 e. The molecule has 5 rings (SSSR count). The van der Waals surface area contributed by atoms with Gasteiger partial charge in [-0.1, -0.05) is 5.16 Å². The number of benzene rings is 1. The number of nitrogen functional groups attached to an aromatic ring is 1. The standard InChI is InChI=1S/C15H19N5O/c1-10-8-11(2-3-12(10)16)15-17-14(18-21-15)13-9-19-4-6-20(13)7-5-19/h2-3,8,13H,4-7,9,16H2,1H3. The summed E-state index contributed by atoms with van der Waals surface area (Å²) < 4.78 is 5.46. The van der Waals surface area contributed by atoms with E-state index in [1.807, 2.05) is 25.1 Å². The van der Waals surface area contributed by atoms with Crippen LogP contribution in [0.2, 0.25) is 0 Å². The van der Waals surface area contributed by atoms with E-state index < -0.39 is 0 Å². The average Bonchev–Trinajstić information content (AvgIpc) is 3.01. The molecule has 1 aromatic carbocycles. The quantitative estimate of drug-likeness (QED) is 0.839. The van der Waals surface area contributed by atoms with Gasteiger partial charge in [0.05, 0.1) is 6.04 Å². The van der Waals surface area contributed by atoms with Gasteiger partial charge in [-0.2, -0.15) is 4.98 Å². The molecule has 1 unspecified atom stereocenters. The van der Waals surface area contributed by atoms with Gasteiger partial charge in [-0.15, -0.1) is 0 Å². The smallest absolute Gasteiger partial charge is 0.257 e. The molecule has 4 heterocycles. The molecule has 3 aliphatic rings. The zero-order valence-corrected chi connectivity index (χ0v) is 12.1. The third kappa shape index (κ3) is 2.20. The summed E-state index contributed by atoms with van der Waals surface area (Å²) in [7, 11) is 0. The summed E-state index contributed by atoms with van der Waals surface area (Å²) in [6.07, 6.45) is 0. The third-order valence-corrected chi connectivity index (χ3v) is 4.54. The molecule has 2 N–H and O–H groups in total. The maximum atomic E-state index is 5.85. The van der Waals surface area contributed by atoms with E-state index in [-0.39, 0.29) is 6.04 Å². The molecule has 2 aromatic rings. The lowest BCUT2D eigenvalue weighted by Gasteiger charge is -2.46. The van der Waals surface area contributed by atoms with Crippen molar-refractivity contribution in [1.29, 1.82) is 0 Å². The Labute approximate surface area is 123 Å². The van der Waals surface area contributed by atoms with Crippen LogP contribution in [0, 0.1) is 6.92 Å². The Kier molecular flexibility index (Phi) is 2.94. The normalized spacial score (nSPS) is 28.0. The van der Waals surface area contributed by atoms with Gasteiger partial charge in [-0.25, -0.2) is 0 Å². The highest BCUT2D eigenvalue weighted by Crippen LogP contribution is 2.29. The van der Waals surface area contributed by atoms with E-state index in [0.29, 0.717) is 5.89 Å². The van der Waals surface area contributed by atoms with Gasteiger partial charge in [0.25, 0.3) is 5.89 Å². The summed E-state index contributed by atoms with van der Waals surface area (Å²) in [5, 5.41) is 4.20. The summed E-state index contributed by atoms with van der Waals surface area (Å²) in [4.78, 5) is 9.52. The van der Waals surface area contributed by atoms with E-state index in [1.54, 1.807) is 0 Å². The number of nitrogens with zero attached hydrogens (tertiary/aromatic N) is 4. The van der Waals surface area contributed by atoms with Gasteiger partial charge >= 0.3 is 0 Å². The molecule has 6 heteroatoms. The van der Waals surface area contributed by atoms with E-state index in [0.717, 1.165) is 55.4 Å². The zero-order valence-electron chi connectivity index (χ0n) is 12.1. The Morgan fingerprint density at radius 2 is 2.05 bits per heavy atom. The van der Waals surface area contributed by atoms with Crippen LogP contribution in [0.3, 0.4) is 0 Å². The van der Waals surface area contributed by atoms with E-state index in [9.17, 15) is 0 Å². The first-order chi connectivity index (χ1) is 10.2. The lowest BCUT2D eigenvalue weighted by Crippen LogP contribution is -2.57. The molecule has 0 aliphatic carbocycles. The highest BCUT2D eigenvalue weighted by atomic mass is 16.5. The molecule has 3 saturated heterocycles. The number of aromatic nitrogens is 2. The van der Waals surface area contributed by atoms with Crippen molar-refractivity contribution in [2.45, 2.75) is 13.0 Å². The van der Waals surface area contributed by atoms with Gasteiger partial charge < -0.3 is 10.3 Å². The Bertz CT molecular complexity index is 660. The van der Waals surface area contributed by atoms with E-state index in [1.165, 1.54) is 0 Å². The summed E-state index contributed by atoms with van der Waals surface area (Å²) in [5.41, 5.74) is 8.58. The van der Waals surface area contributed by atoms with Crippen molar-refractivity contribution in [2.24, 2.45) is 0 Å². The molecule has 3 aliphatic heterocycles. The Balaban J connectivity index is 1.62. The second-order valence-corrected chi connectivity index (χ2v) is 5.88. The van der Waals surface area contributed by atoms with Crippen LogP contribution in [-0.2, 0) is 0 Å². The van der Waals surface area contributed by atoms with Crippen molar-refractivity contribution >= 4 is 5.69 Å². The fourth-order valence-electron chi connectivity index (χ4n) is 3.16. The van der Waals surface area contributed by atoms with Gasteiger partial charge in [-0.05, 0) is 30.7 Å². The fraction of sp³-hybridized carbons (Fsp3) is 0.467. The Morgan fingerprint density at radius 3 is 2.71 bits per heavy atom. The van der Waals surface area contributed by atoms with Gasteiger partial charge in [0, 0.05) is 44.0 Å². The number of hydrogen-bond acceptors (Lipinski definition) is 6. The summed E-state index contributed by atoms with van der Waals surface area (Å²) in [6, 6.07) is 6.06. The predicted molar refractivity (Wildman–Crippen MR) is 79.6 cm³/mol. The maximum Gasteiger partial charge on any atom is 0.257 e. The van der Waals surface area contributed by atoms with Crippen LogP contribution in [0.4, 0.5) is 5.69 Å². The maximum absolute atomic E-state index is 5.85. The zero-order chi connectivity index (χ0) is 14.4. The molecule has 3 fully saturated rings. The van der Waals surface area contributed by atoms with Gasteiger partial charge in [0.2, 0.25) is 0 Å². The summed E-state index contributed by atoms with van der Waals surface area (Å²) in [6.45, 7) is 7.47. The highest BCUT2D eigenvalue weighted by Gasteiger charge is 2.35. The molecule has 21 heavy (non-hydrogen) atoms. The number of nitrogens with two attached hydrogens (primary N) is 1. The van der Waals surface area contributed by atoms with Crippen LogP contribution in [0.25, 0.3) is 11.5 Å². The SMILES string of the molecule is Cc1cc(-c2nc(C3CN4CCN3CC4)no2)ccc1N. The predicted octanol–water partition coefficient (Wildman–Crippen LogP) is 1.30. The van der Waals surface area contributed by atoms with Crippen LogP contribution < -0.4 is 5.73 Å². The molecular formula is C15H19N5O. The number of fused-ring (bicyclic) bond motifs is 3. The molecule has 110 valence electrons. The lowest BCUT2D eigenvalue weighted by molar-refractivity contribution is 0.00781. The van der Waals surface area contributed by atoms with Crippen LogP contribution in [0.15, 0.2) is 22.7 Å². The first-order valence-electron chi connectivity index (χ1n) is 7.37. The van der Waals surface area contributed by atoms with E-state index in [2.05, 4.69) is 19.9 Å². The van der Waals surface area contributed by atoms with Gasteiger partial charge in [0.15, 0.2) is 5.82 Å². The van der Waals surface area contributed by atoms with Crippen molar-refractivity contribution in [3.63, 3.8) is 0 Å². The lowest BCUT2D eigenvalue weighted by atomic mass is 10.1. The second kappa shape index (κ2) is 4.82. The molecule has 0 radical (unpaired) electrons. The molecule has 0 spiro atoms. The van der Waals surface area contributed by atoms with Crippen molar-refractivity contribution in [1.82, 2.24) is 19.9 Å². The van der Waals surface area contributed by atoms with Crippen molar-refractivity contribution in [2.75, 3.05) is 38.5 Å². The van der Waals surface area contributed by atoms with E-state index >= 15 is 0 Å². The summed E-state index contributed by atoms with van der Waals surface area (Å²) in [5.74, 6) is 1.37. The number of piperazine rings is 3. The van der Waals surface area contributed by atoms with Crippen LogP contribution in [0.1, 0.15) is 17.4 Å². The van der Waals surface area contributed by atoms with Crippen LogP contribution in [-0.4, -0.2) is 52.7 Å². The Hall–Kier alpha value is -1.92. The summed E-state index contributed by atoms with van der Waals surface area (Å²) >= 11 is 0. The van der Waals surface area contributed by atoms with Crippen LogP contribution >= 0.6 is 0 Å². The van der Waals surface area contributed by atoms with Crippen molar-refractivity contribution in [3.8, 4) is 11.5 Å². The minimum absolute atomic E-state index is 0.264. The van der Waals surface area contributed by atoms with E-state index in [4.69, 9.17) is 10.3 Å². The molecule has 6 nitrogen and oxygen atoms in total. The fourth-order valence-corrected chi connectivity index (χ4v) is 3.16. The van der Waals surface area contributed by atoms with Gasteiger partial charge in [-0.3, -0.25) is 9.80 Å². The monoisotopic (exact) mass is 285 g/mol. The Morgan fingerprint density at radius 1 is 1.24 bits per heavy atom.